The molecule has 2 unspecified atom stereocenters. The zero-order chi connectivity index (χ0) is 11.5. The summed E-state index contributed by atoms with van der Waals surface area (Å²) in [5.41, 5.74) is 0. The van der Waals surface area contributed by atoms with Crippen molar-refractivity contribution < 1.29 is 4.55 Å². The van der Waals surface area contributed by atoms with Crippen molar-refractivity contribution in [3.63, 3.8) is 0 Å². The van der Waals surface area contributed by atoms with Crippen LogP contribution in [-0.2, 0) is 11.4 Å². The van der Waals surface area contributed by atoms with E-state index in [0.29, 0.717) is 6.04 Å². The first-order chi connectivity index (χ1) is 7.68. The smallest absolute Gasteiger partial charge is 0.174 e. The first-order valence-corrected chi connectivity index (χ1v) is 6.71. The highest BCUT2D eigenvalue weighted by Gasteiger charge is 2.31. The Kier molecular flexibility index (Phi) is 3.86. The van der Waals surface area contributed by atoms with Gasteiger partial charge in [-0.2, -0.15) is 0 Å². The van der Waals surface area contributed by atoms with Crippen molar-refractivity contribution in [2.24, 2.45) is 0 Å². The van der Waals surface area contributed by atoms with Crippen molar-refractivity contribution in [2.45, 2.75) is 17.9 Å². The molecule has 1 heterocycles. The lowest BCUT2D eigenvalue weighted by molar-refractivity contribution is 0.170. The highest BCUT2D eigenvalue weighted by molar-refractivity contribution is 7.89. The fourth-order valence-electron chi connectivity index (χ4n) is 2.04. The van der Waals surface area contributed by atoms with Crippen LogP contribution < -0.4 is 0 Å². The van der Waals surface area contributed by atoms with E-state index in [1.807, 2.05) is 30.3 Å². The highest BCUT2D eigenvalue weighted by Crippen LogP contribution is 2.20. The van der Waals surface area contributed by atoms with Crippen LogP contribution >= 0.6 is 0 Å². The molecule has 3 nitrogen and oxygen atoms in total. The molecule has 0 radical (unpaired) electrons. The van der Waals surface area contributed by atoms with Crippen LogP contribution in [-0.4, -0.2) is 46.5 Å². The van der Waals surface area contributed by atoms with Crippen LogP contribution in [0.1, 0.15) is 6.92 Å². The van der Waals surface area contributed by atoms with E-state index in [1.54, 1.807) is 0 Å². The highest BCUT2D eigenvalue weighted by atomic mass is 32.2. The average Bonchev–Trinajstić information content (AvgIpc) is 2.29. The van der Waals surface area contributed by atoms with Gasteiger partial charge in [0.15, 0.2) is 4.90 Å². The number of nitrogens with zero attached hydrogens (tertiary/aromatic N) is 2. The zero-order valence-corrected chi connectivity index (χ0v) is 10.6. The van der Waals surface area contributed by atoms with Gasteiger partial charge < -0.3 is 9.45 Å². The standard InChI is InChI=1S/C12H18N2OS/c1-11-10-13(2)8-9-14(11)16(15)12-6-4-3-5-7-12/h3-7,11H,8-10H2,1-2H3. The molecule has 1 fully saturated rings. The summed E-state index contributed by atoms with van der Waals surface area (Å²) in [6.07, 6.45) is 0. The molecular weight excluding hydrogens is 220 g/mol. The number of likely N-dealkylation sites (N-methyl/N-ethyl adjacent to an activating group) is 1. The minimum absolute atomic E-state index is 0.347. The van der Waals surface area contributed by atoms with E-state index in [9.17, 15) is 4.55 Å². The summed E-state index contributed by atoms with van der Waals surface area (Å²) in [7, 11) is 2.11. The summed E-state index contributed by atoms with van der Waals surface area (Å²) in [4.78, 5) is 3.18. The Labute approximate surface area is 100 Å². The van der Waals surface area contributed by atoms with E-state index in [-0.39, 0.29) is 0 Å². The molecule has 88 valence electrons. The molecule has 16 heavy (non-hydrogen) atoms. The summed E-state index contributed by atoms with van der Waals surface area (Å²) in [5, 5.41) is 0. The quantitative estimate of drug-likeness (QED) is 0.728. The maximum atomic E-state index is 12.3. The minimum Gasteiger partial charge on any atom is -0.593 e. The Balaban J connectivity index is 2.07. The maximum absolute atomic E-state index is 12.3. The molecular formula is C12H18N2OS. The molecule has 1 saturated heterocycles. The lowest BCUT2D eigenvalue weighted by Crippen LogP contribution is -2.52. The van der Waals surface area contributed by atoms with Gasteiger partial charge in [-0.15, -0.1) is 4.31 Å². The normalized spacial score (nSPS) is 25.6. The first-order valence-electron chi connectivity index (χ1n) is 5.60. The lowest BCUT2D eigenvalue weighted by Gasteiger charge is -2.36. The summed E-state index contributed by atoms with van der Waals surface area (Å²) < 4.78 is 14.4. The Morgan fingerprint density at radius 1 is 1.25 bits per heavy atom. The van der Waals surface area contributed by atoms with Crippen LogP contribution in [0.2, 0.25) is 0 Å². The Bertz CT molecular complexity index is 333. The van der Waals surface area contributed by atoms with Gasteiger partial charge in [-0.25, -0.2) is 0 Å². The van der Waals surface area contributed by atoms with E-state index in [1.165, 1.54) is 0 Å². The van der Waals surface area contributed by atoms with Gasteiger partial charge >= 0.3 is 0 Å². The fraction of sp³-hybridized carbons (Fsp3) is 0.500. The van der Waals surface area contributed by atoms with Gasteiger partial charge in [0.25, 0.3) is 0 Å². The second-order valence-electron chi connectivity index (χ2n) is 4.31. The van der Waals surface area contributed by atoms with Crippen molar-refractivity contribution in [2.75, 3.05) is 26.7 Å². The first kappa shape index (κ1) is 11.9. The van der Waals surface area contributed by atoms with Crippen molar-refractivity contribution in [3.8, 4) is 0 Å². The topological polar surface area (TPSA) is 29.5 Å². The fourth-order valence-corrected chi connectivity index (χ4v) is 3.34. The second kappa shape index (κ2) is 5.19. The minimum atomic E-state index is -1.01. The number of rotatable bonds is 2. The van der Waals surface area contributed by atoms with E-state index in [4.69, 9.17) is 0 Å². The van der Waals surface area contributed by atoms with E-state index in [0.717, 1.165) is 24.5 Å². The third-order valence-electron chi connectivity index (χ3n) is 2.93. The molecule has 0 amide bonds. The van der Waals surface area contributed by atoms with Gasteiger partial charge in [0.05, 0.1) is 23.9 Å². The van der Waals surface area contributed by atoms with Crippen LogP contribution in [0.5, 0.6) is 0 Å². The monoisotopic (exact) mass is 238 g/mol. The number of hydrogen-bond donors (Lipinski definition) is 0. The van der Waals surface area contributed by atoms with Gasteiger partial charge in [-0.05, 0) is 26.1 Å². The number of hydrogen-bond acceptors (Lipinski definition) is 3. The molecule has 0 spiro atoms. The summed E-state index contributed by atoms with van der Waals surface area (Å²) >= 11 is -1.01. The number of benzene rings is 1. The van der Waals surface area contributed by atoms with Crippen molar-refractivity contribution in [3.05, 3.63) is 30.3 Å². The lowest BCUT2D eigenvalue weighted by atomic mass is 10.2. The molecule has 1 aliphatic heterocycles. The maximum Gasteiger partial charge on any atom is 0.174 e. The molecule has 1 aromatic carbocycles. The van der Waals surface area contributed by atoms with Crippen molar-refractivity contribution in [1.29, 1.82) is 0 Å². The van der Waals surface area contributed by atoms with E-state index in [2.05, 4.69) is 23.2 Å². The van der Waals surface area contributed by atoms with Gasteiger partial charge in [-0.3, -0.25) is 0 Å². The Morgan fingerprint density at radius 2 is 1.94 bits per heavy atom. The van der Waals surface area contributed by atoms with Gasteiger partial charge in [0, 0.05) is 13.1 Å². The second-order valence-corrected chi connectivity index (χ2v) is 5.75. The van der Waals surface area contributed by atoms with Crippen LogP contribution in [0, 0.1) is 0 Å². The molecule has 1 aromatic rings. The number of piperazine rings is 1. The molecule has 0 aliphatic carbocycles. The third kappa shape index (κ3) is 2.58. The predicted molar refractivity (Wildman–Crippen MR) is 66.5 cm³/mol. The van der Waals surface area contributed by atoms with E-state index >= 15 is 0 Å². The molecule has 2 atom stereocenters. The van der Waals surface area contributed by atoms with Crippen LogP contribution in [0.25, 0.3) is 0 Å². The summed E-state index contributed by atoms with van der Waals surface area (Å²) in [5.74, 6) is 0. The van der Waals surface area contributed by atoms with Gasteiger partial charge in [-0.1, -0.05) is 18.2 Å². The molecule has 1 aliphatic rings. The molecule has 2 rings (SSSR count). The molecule has 0 aromatic heterocycles. The van der Waals surface area contributed by atoms with Crippen LogP contribution in [0.15, 0.2) is 35.2 Å². The summed E-state index contributed by atoms with van der Waals surface area (Å²) in [6.45, 7) is 4.98. The summed E-state index contributed by atoms with van der Waals surface area (Å²) in [6, 6.07) is 10.0. The zero-order valence-electron chi connectivity index (χ0n) is 9.80. The average molecular weight is 238 g/mol. The molecule has 0 N–H and O–H groups in total. The van der Waals surface area contributed by atoms with Gasteiger partial charge in [0.1, 0.15) is 0 Å². The Morgan fingerprint density at radius 3 is 2.56 bits per heavy atom. The Hall–Kier alpha value is -0.550. The molecule has 0 saturated carbocycles. The molecule has 4 heteroatoms. The third-order valence-corrected chi connectivity index (χ3v) is 4.57. The molecule has 0 bridgehead atoms. The largest absolute Gasteiger partial charge is 0.593 e. The van der Waals surface area contributed by atoms with Crippen molar-refractivity contribution >= 4 is 11.4 Å². The van der Waals surface area contributed by atoms with Gasteiger partial charge in [0.2, 0.25) is 0 Å². The van der Waals surface area contributed by atoms with Crippen molar-refractivity contribution in [1.82, 2.24) is 9.21 Å². The SMILES string of the molecule is CC1CN(C)CCN1[S+]([O-])c1ccccc1. The van der Waals surface area contributed by atoms with Crippen LogP contribution in [0.3, 0.4) is 0 Å². The predicted octanol–water partition coefficient (Wildman–Crippen LogP) is 1.35. The van der Waals surface area contributed by atoms with Crippen LogP contribution in [0.4, 0.5) is 0 Å². The van der Waals surface area contributed by atoms with E-state index < -0.39 is 11.4 Å².